The Kier molecular flexibility index (Phi) is 6.46. The molecular formula is C23H28FN7O4. The molecule has 1 N–H and O–H groups in total. The summed E-state index contributed by atoms with van der Waals surface area (Å²) in [6, 6.07) is 1.20. The lowest BCUT2D eigenvalue weighted by molar-refractivity contribution is 0.0240. The maximum absolute atomic E-state index is 14.4. The number of hydrogen-bond donors (Lipinski definition) is 1. The first-order valence-electron chi connectivity index (χ1n) is 11.1. The van der Waals surface area contributed by atoms with Gasteiger partial charge in [-0.15, -0.1) is 0 Å². The third-order valence-corrected chi connectivity index (χ3v) is 5.28. The largest absolute Gasteiger partial charge is 0.480 e. The van der Waals surface area contributed by atoms with Crippen LogP contribution in [0.5, 0.6) is 5.88 Å². The number of piperazine rings is 1. The van der Waals surface area contributed by atoms with Crippen LogP contribution in [0.25, 0.3) is 5.65 Å². The topological polar surface area (TPSA) is 114 Å². The van der Waals surface area contributed by atoms with Gasteiger partial charge in [0.1, 0.15) is 11.2 Å². The maximum Gasteiger partial charge on any atom is 0.410 e. The molecule has 0 radical (unpaired) electrons. The third-order valence-electron chi connectivity index (χ3n) is 5.28. The van der Waals surface area contributed by atoms with Crippen LogP contribution in [0.3, 0.4) is 0 Å². The van der Waals surface area contributed by atoms with E-state index in [1.807, 2.05) is 25.7 Å². The molecule has 12 heteroatoms. The summed E-state index contributed by atoms with van der Waals surface area (Å²) in [5.74, 6) is -0.635. The first-order chi connectivity index (χ1) is 16.5. The Morgan fingerprint density at radius 3 is 2.49 bits per heavy atom. The average Bonchev–Trinajstić information content (AvgIpc) is 3.18. The van der Waals surface area contributed by atoms with E-state index in [0.717, 1.165) is 0 Å². The molecule has 1 fully saturated rings. The van der Waals surface area contributed by atoms with E-state index >= 15 is 0 Å². The summed E-state index contributed by atoms with van der Waals surface area (Å²) in [6.07, 6.45) is 4.24. The minimum Gasteiger partial charge on any atom is -0.480 e. The van der Waals surface area contributed by atoms with Crippen LogP contribution in [0.1, 0.15) is 36.8 Å². The van der Waals surface area contributed by atoms with Crippen LogP contribution in [0.2, 0.25) is 0 Å². The Bertz CT molecular complexity index is 1260. The molecular weight excluding hydrogens is 457 g/mol. The summed E-state index contributed by atoms with van der Waals surface area (Å²) >= 11 is 0. The van der Waals surface area contributed by atoms with Crippen LogP contribution in [-0.4, -0.2) is 75.1 Å². The summed E-state index contributed by atoms with van der Waals surface area (Å²) < 4.78 is 26.6. The van der Waals surface area contributed by atoms with Gasteiger partial charge in [-0.25, -0.2) is 19.2 Å². The molecule has 4 heterocycles. The summed E-state index contributed by atoms with van der Waals surface area (Å²) in [6.45, 7) is 9.13. The summed E-state index contributed by atoms with van der Waals surface area (Å²) in [7, 11) is 1.41. The number of halogens is 1. The molecule has 0 spiro atoms. The SMILES string of the molecule is COc1nc(N2CCN(C(=O)OC(C)(C)C)CC2)ncc1C(=O)Nc1cc(F)c2nc(C)cn2c1. The van der Waals surface area contributed by atoms with Crippen LogP contribution < -0.4 is 15.0 Å². The molecule has 2 amide bonds. The molecule has 1 aliphatic rings. The Balaban J connectivity index is 1.45. The first kappa shape index (κ1) is 24.2. The Labute approximate surface area is 201 Å². The second-order valence-electron chi connectivity index (χ2n) is 9.19. The fourth-order valence-corrected chi connectivity index (χ4v) is 3.68. The number of ether oxygens (including phenoxy) is 2. The predicted molar refractivity (Wildman–Crippen MR) is 126 cm³/mol. The molecule has 0 unspecified atom stereocenters. The van der Waals surface area contributed by atoms with Gasteiger partial charge in [-0.2, -0.15) is 4.98 Å². The van der Waals surface area contributed by atoms with Crippen LogP contribution in [0, 0.1) is 12.7 Å². The smallest absolute Gasteiger partial charge is 0.410 e. The number of pyridine rings is 1. The number of rotatable bonds is 4. The fraction of sp³-hybridized carbons (Fsp3) is 0.435. The molecule has 1 saturated heterocycles. The Hall–Kier alpha value is -3.96. The molecule has 186 valence electrons. The van der Waals surface area contributed by atoms with Crippen molar-refractivity contribution in [2.45, 2.75) is 33.3 Å². The Morgan fingerprint density at radius 1 is 1.11 bits per heavy atom. The molecule has 3 aromatic heterocycles. The number of imidazole rings is 1. The number of anilines is 2. The zero-order chi connectivity index (χ0) is 25.3. The number of aromatic nitrogens is 4. The highest BCUT2D eigenvalue weighted by molar-refractivity contribution is 6.05. The van der Waals surface area contributed by atoms with E-state index in [0.29, 0.717) is 37.8 Å². The van der Waals surface area contributed by atoms with Crippen molar-refractivity contribution in [3.63, 3.8) is 0 Å². The van der Waals surface area contributed by atoms with Gasteiger partial charge in [-0.3, -0.25) is 4.79 Å². The van der Waals surface area contributed by atoms with Gasteiger partial charge in [0.25, 0.3) is 5.91 Å². The molecule has 4 rings (SSSR count). The number of aryl methyl sites for hydroxylation is 1. The molecule has 11 nitrogen and oxygen atoms in total. The van der Waals surface area contributed by atoms with Gasteiger partial charge in [0, 0.05) is 50.8 Å². The van der Waals surface area contributed by atoms with Crippen molar-refractivity contribution >= 4 is 29.3 Å². The van der Waals surface area contributed by atoms with Gasteiger partial charge in [0.15, 0.2) is 11.5 Å². The normalized spacial score (nSPS) is 14.2. The lowest BCUT2D eigenvalue weighted by atomic mass is 10.2. The molecule has 0 saturated carbocycles. The van der Waals surface area contributed by atoms with E-state index in [1.165, 1.54) is 23.8 Å². The van der Waals surface area contributed by atoms with E-state index in [-0.39, 0.29) is 28.9 Å². The van der Waals surface area contributed by atoms with Gasteiger partial charge in [-0.1, -0.05) is 0 Å². The van der Waals surface area contributed by atoms with Crippen molar-refractivity contribution in [3.8, 4) is 5.88 Å². The number of carbonyl (C=O) groups excluding carboxylic acids is 2. The predicted octanol–water partition coefficient (Wildman–Crippen LogP) is 2.89. The molecule has 0 bridgehead atoms. The minimum absolute atomic E-state index is 0.0853. The molecule has 0 aliphatic carbocycles. The second-order valence-corrected chi connectivity index (χ2v) is 9.19. The maximum atomic E-state index is 14.4. The van der Waals surface area contributed by atoms with E-state index < -0.39 is 17.3 Å². The van der Waals surface area contributed by atoms with E-state index in [1.54, 1.807) is 24.2 Å². The molecule has 1 aliphatic heterocycles. The van der Waals surface area contributed by atoms with Gasteiger partial charge in [-0.05, 0) is 27.7 Å². The molecule has 0 atom stereocenters. The molecule has 3 aromatic rings. The van der Waals surface area contributed by atoms with Gasteiger partial charge >= 0.3 is 6.09 Å². The van der Waals surface area contributed by atoms with E-state index in [2.05, 4.69) is 20.3 Å². The number of carbonyl (C=O) groups is 2. The number of methoxy groups -OCH3 is 1. The molecule has 0 aromatic carbocycles. The van der Waals surface area contributed by atoms with Crippen molar-refractivity contribution in [2.75, 3.05) is 43.5 Å². The number of hydrogen-bond acceptors (Lipinski definition) is 8. The van der Waals surface area contributed by atoms with Gasteiger partial charge in [0.05, 0.1) is 18.5 Å². The summed E-state index contributed by atoms with van der Waals surface area (Å²) in [5.41, 5.74) is 0.631. The van der Waals surface area contributed by atoms with Crippen molar-refractivity contribution in [1.82, 2.24) is 24.3 Å². The highest BCUT2D eigenvalue weighted by Crippen LogP contribution is 2.22. The van der Waals surface area contributed by atoms with Gasteiger partial charge in [0.2, 0.25) is 11.8 Å². The summed E-state index contributed by atoms with van der Waals surface area (Å²) in [4.78, 5) is 41.5. The molecule has 35 heavy (non-hydrogen) atoms. The highest BCUT2D eigenvalue weighted by atomic mass is 19.1. The number of amides is 2. The third kappa shape index (κ3) is 5.42. The fourth-order valence-electron chi connectivity index (χ4n) is 3.68. The lowest BCUT2D eigenvalue weighted by Gasteiger charge is -2.35. The highest BCUT2D eigenvalue weighted by Gasteiger charge is 2.27. The van der Waals surface area contributed by atoms with Crippen molar-refractivity contribution < 1.29 is 23.5 Å². The first-order valence-corrected chi connectivity index (χ1v) is 11.1. The summed E-state index contributed by atoms with van der Waals surface area (Å²) in [5, 5.41) is 2.65. The second kappa shape index (κ2) is 9.35. The Morgan fingerprint density at radius 2 is 1.83 bits per heavy atom. The van der Waals surface area contributed by atoms with Crippen LogP contribution >= 0.6 is 0 Å². The van der Waals surface area contributed by atoms with E-state index in [9.17, 15) is 14.0 Å². The monoisotopic (exact) mass is 485 g/mol. The van der Waals surface area contributed by atoms with Crippen molar-refractivity contribution in [3.05, 3.63) is 41.7 Å². The number of fused-ring (bicyclic) bond motifs is 1. The van der Waals surface area contributed by atoms with Crippen molar-refractivity contribution in [1.29, 1.82) is 0 Å². The minimum atomic E-state index is -0.559. The number of nitrogens with one attached hydrogen (secondary N) is 1. The quantitative estimate of drug-likeness (QED) is 0.600. The standard InChI is InChI=1S/C23H28FN7O4/c1-14-12-31-13-15(10-17(24)18(31)26-14)27-19(32)16-11-25-21(28-20(16)34-5)29-6-8-30(9-7-29)22(33)35-23(2,3)4/h10-13H,6-9H2,1-5H3,(H,27,32). The van der Waals surface area contributed by atoms with Crippen LogP contribution in [0.4, 0.5) is 20.8 Å². The average molecular weight is 486 g/mol. The van der Waals surface area contributed by atoms with Crippen LogP contribution in [0.15, 0.2) is 24.7 Å². The number of nitrogens with zero attached hydrogens (tertiary/aromatic N) is 6. The lowest BCUT2D eigenvalue weighted by Crippen LogP contribution is -2.50. The van der Waals surface area contributed by atoms with Crippen molar-refractivity contribution in [2.24, 2.45) is 0 Å². The zero-order valence-electron chi connectivity index (χ0n) is 20.3. The van der Waals surface area contributed by atoms with Gasteiger partial charge < -0.3 is 29.0 Å². The van der Waals surface area contributed by atoms with E-state index in [4.69, 9.17) is 9.47 Å². The zero-order valence-corrected chi connectivity index (χ0v) is 20.3. The van der Waals surface area contributed by atoms with Crippen LogP contribution in [-0.2, 0) is 4.74 Å².